The standard InChI is InChI=1S/C21H15Br2N3O4/c1-29-19-8-13(10-25-26-20(27)14-9-15(22)12-24-11-14)6-7-18(19)30-21(28)16-4-2-3-5-17(16)23/h2-12H,1H3,(H,26,27). The summed E-state index contributed by atoms with van der Waals surface area (Å²) in [5.74, 6) is -0.301. The van der Waals surface area contributed by atoms with Crippen molar-refractivity contribution in [2.24, 2.45) is 5.10 Å². The van der Waals surface area contributed by atoms with Crippen molar-refractivity contribution < 1.29 is 19.1 Å². The number of pyridine rings is 1. The third-order valence-electron chi connectivity index (χ3n) is 3.83. The summed E-state index contributed by atoms with van der Waals surface area (Å²) in [6.07, 6.45) is 4.47. The number of nitrogens with zero attached hydrogens (tertiary/aromatic N) is 2. The zero-order chi connectivity index (χ0) is 21.5. The Morgan fingerprint density at radius 1 is 1.07 bits per heavy atom. The molecule has 1 N–H and O–H groups in total. The lowest BCUT2D eigenvalue weighted by Gasteiger charge is -2.10. The Balaban J connectivity index is 1.69. The van der Waals surface area contributed by atoms with Crippen molar-refractivity contribution in [1.82, 2.24) is 10.4 Å². The molecule has 0 unspecified atom stereocenters. The van der Waals surface area contributed by atoms with E-state index in [2.05, 4.69) is 47.4 Å². The molecule has 3 aromatic rings. The second kappa shape index (κ2) is 10.1. The first-order valence-corrected chi connectivity index (χ1v) is 10.1. The first kappa shape index (κ1) is 21.7. The highest BCUT2D eigenvalue weighted by Gasteiger charge is 2.15. The van der Waals surface area contributed by atoms with Gasteiger partial charge < -0.3 is 9.47 Å². The molecule has 1 amide bonds. The summed E-state index contributed by atoms with van der Waals surface area (Å²) in [4.78, 5) is 28.4. The van der Waals surface area contributed by atoms with E-state index in [4.69, 9.17) is 9.47 Å². The van der Waals surface area contributed by atoms with Crippen LogP contribution in [0.25, 0.3) is 0 Å². The van der Waals surface area contributed by atoms with E-state index in [0.29, 0.717) is 31.4 Å². The highest BCUT2D eigenvalue weighted by Crippen LogP contribution is 2.29. The second-order valence-electron chi connectivity index (χ2n) is 5.87. The predicted molar refractivity (Wildman–Crippen MR) is 119 cm³/mol. The van der Waals surface area contributed by atoms with Crippen LogP contribution in [0.3, 0.4) is 0 Å². The van der Waals surface area contributed by atoms with Crippen molar-refractivity contribution in [2.75, 3.05) is 7.11 Å². The molecule has 0 radical (unpaired) electrons. The molecule has 1 aromatic heterocycles. The highest BCUT2D eigenvalue weighted by atomic mass is 79.9. The van der Waals surface area contributed by atoms with Crippen molar-refractivity contribution in [3.63, 3.8) is 0 Å². The van der Waals surface area contributed by atoms with Crippen LogP contribution in [0, 0.1) is 0 Å². The van der Waals surface area contributed by atoms with E-state index in [-0.39, 0.29) is 5.75 Å². The van der Waals surface area contributed by atoms with Gasteiger partial charge in [0.2, 0.25) is 0 Å². The lowest BCUT2D eigenvalue weighted by atomic mass is 10.2. The van der Waals surface area contributed by atoms with Crippen LogP contribution in [-0.4, -0.2) is 30.2 Å². The Morgan fingerprint density at radius 3 is 2.60 bits per heavy atom. The third kappa shape index (κ3) is 5.52. The summed E-state index contributed by atoms with van der Waals surface area (Å²) in [5, 5.41) is 3.94. The molecule has 0 saturated carbocycles. The van der Waals surface area contributed by atoms with Gasteiger partial charge in [-0.05, 0) is 73.8 Å². The molecule has 0 fully saturated rings. The number of rotatable bonds is 6. The molecule has 0 aliphatic carbocycles. The van der Waals surface area contributed by atoms with Crippen LogP contribution >= 0.6 is 31.9 Å². The van der Waals surface area contributed by atoms with Crippen molar-refractivity contribution in [2.45, 2.75) is 0 Å². The van der Waals surface area contributed by atoms with Gasteiger partial charge in [0, 0.05) is 21.3 Å². The number of aromatic nitrogens is 1. The summed E-state index contributed by atoms with van der Waals surface area (Å²) in [5.41, 5.74) is 3.83. The molecule has 0 bridgehead atoms. The molecular formula is C21H15Br2N3O4. The molecule has 9 heteroatoms. The van der Waals surface area contributed by atoms with E-state index in [1.165, 1.54) is 19.5 Å². The van der Waals surface area contributed by atoms with Gasteiger partial charge >= 0.3 is 5.97 Å². The van der Waals surface area contributed by atoms with E-state index >= 15 is 0 Å². The average molecular weight is 533 g/mol. The monoisotopic (exact) mass is 531 g/mol. The number of amides is 1. The largest absolute Gasteiger partial charge is 0.493 e. The van der Waals surface area contributed by atoms with Crippen LogP contribution in [0.15, 0.2) is 75.0 Å². The first-order valence-electron chi connectivity index (χ1n) is 8.56. The van der Waals surface area contributed by atoms with Gasteiger partial charge in [0.1, 0.15) is 0 Å². The zero-order valence-electron chi connectivity index (χ0n) is 15.6. The molecule has 0 spiro atoms. The lowest BCUT2D eigenvalue weighted by Crippen LogP contribution is -2.17. The molecular weight excluding hydrogens is 518 g/mol. The number of hydrogen-bond donors (Lipinski definition) is 1. The molecule has 30 heavy (non-hydrogen) atoms. The van der Waals surface area contributed by atoms with Crippen LogP contribution in [-0.2, 0) is 0 Å². The number of hydrazone groups is 1. The lowest BCUT2D eigenvalue weighted by molar-refractivity contribution is 0.0728. The summed E-state index contributed by atoms with van der Waals surface area (Å²) in [7, 11) is 1.47. The number of esters is 1. The normalized spacial score (nSPS) is 10.6. The third-order valence-corrected chi connectivity index (χ3v) is 4.96. The zero-order valence-corrected chi connectivity index (χ0v) is 18.8. The number of halogens is 2. The van der Waals surface area contributed by atoms with Crippen LogP contribution in [0.5, 0.6) is 11.5 Å². The molecule has 0 aliphatic heterocycles. The topological polar surface area (TPSA) is 89.9 Å². The number of hydrogen-bond acceptors (Lipinski definition) is 6. The smallest absolute Gasteiger partial charge is 0.344 e. The molecule has 152 valence electrons. The second-order valence-corrected chi connectivity index (χ2v) is 7.64. The summed E-state index contributed by atoms with van der Waals surface area (Å²) < 4.78 is 12.1. The number of methoxy groups -OCH3 is 1. The van der Waals surface area contributed by atoms with Crippen LogP contribution in [0.2, 0.25) is 0 Å². The van der Waals surface area contributed by atoms with Crippen molar-refractivity contribution >= 4 is 50.0 Å². The number of benzene rings is 2. The fraction of sp³-hybridized carbons (Fsp3) is 0.0476. The van der Waals surface area contributed by atoms with Crippen molar-refractivity contribution in [3.8, 4) is 11.5 Å². The highest BCUT2D eigenvalue weighted by molar-refractivity contribution is 9.10. The maximum absolute atomic E-state index is 12.4. The molecule has 1 heterocycles. The number of carbonyl (C=O) groups excluding carboxylic acids is 2. The number of nitrogens with one attached hydrogen (secondary N) is 1. The maximum atomic E-state index is 12.4. The van der Waals surface area contributed by atoms with E-state index in [1.807, 2.05) is 6.07 Å². The minimum atomic E-state index is -0.517. The Labute approximate surface area is 189 Å². The minimum Gasteiger partial charge on any atom is -0.493 e. The van der Waals surface area contributed by atoms with E-state index in [1.54, 1.807) is 48.7 Å². The van der Waals surface area contributed by atoms with Gasteiger partial charge in [0.25, 0.3) is 5.91 Å². The van der Waals surface area contributed by atoms with Gasteiger partial charge in [-0.25, -0.2) is 10.2 Å². The van der Waals surface area contributed by atoms with Crippen LogP contribution in [0.4, 0.5) is 0 Å². The number of ether oxygens (including phenoxy) is 2. The maximum Gasteiger partial charge on any atom is 0.344 e. The van der Waals surface area contributed by atoms with Gasteiger partial charge in [-0.15, -0.1) is 0 Å². The summed E-state index contributed by atoms with van der Waals surface area (Å²) in [6.45, 7) is 0. The molecule has 3 rings (SSSR count). The molecule has 0 saturated heterocycles. The Kier molecular flexibility index (Phi) is 7.31. The van der Waals surface area contributed by atoms with Gasteiger partial charge in [-0.2, -0.15) is 5.10 Å². The Morgan fingerprint density at radius 2 is 1.87 bits per heavy atom. The number of carbonyl (C=O) groups is 2. The Hall–Kier alpha value is -3.04. The van der Waals surface area contributed by atoms with E-state index < -0.39 is 11.9 Å². The van der Waals surface area contributed by atoms with Crippen molar-refractivity contribution in [3.05, 3.63) is 86.6 Å². The van der Waals surface area contributed by atoms with Gasteiger partial charge in [-0.1, -0.05) is 12.1 Å². The fourth-order valence-corrected chi connectivity index (χ4v) is 3.21. The van der Waals surface area contributed by atoms with Gasteiger partial charge in [-0.3, -0.25) is 9.78 Å². The fourth-order valence-electron chi connectivity index (χ4n) is 2.40. The molecule has 2 aromatic carbocycles. The Bertz CT molecular complexity index is 1120. The predicted octanol–water partition coefficient (Wildman–Crippen LogP) is 4.60. The quantitative estimate of drug-likeness (QED) is 0.217. The van der Waals surface area contributed by atoms with Crippen LogP contribution < -0.4 is 14.9 Å². The molecule has 0 atom stereocenters. The first-order chi connectivity index (χ1) is 14.5. The van der Waals surface area contributed by atoms with Gasteiger partial charge in [0.05, 0.1) is 24.5 Å². The van der Waals surface area contributed by atoms with Crippen molar-refractivity contribution in [1.29, 1.82) is 0 Å². The average Bonchev–Trinajstić information content (AvgIpc) is 2.74. The molecule has 0 aliphatic rings. The van der Waals surface area contributed by atoms with E-state index in [0.717, 1.165) is 0 Å². The molecule has 7 nitrogen and oxygen atoms in total. The summed E-state index contributed by atoms with van der Waals surface area (Å²) in [6, 6.07) is 13.5. The minimum absolute atomic E-state index is 0.264. The van der Waals surface area contributed by atoms with Crippen LogP contribution in [0.1, 0.15) is 26.3 Å². The SMILES string of the molecule is COc1cc(C=NNC(=O)c2cncc(Br)c2)ccc1OC(=O)c1ccccc1Br. The summed E-state index contributed by atoms with van der Waals surface area (Å²) >= 11 is 6.59. The van der Waals surface area contributed by atoms with Gasteiger partial charge in [0.15, 0.2) is 11.5 Å². The van der Waals surface area contributed by atoms with E-state index in [9.17, 15) is 9.59 Å².